The number of rotatable bonds is 6. The molecule has 2 heterocycles. The van der Waals surface area contributed by atoms with Crippen LogP contribution in [0, 0.1) is 10.1 Å². The van der Waals surface area contributed by atoms with Crippen LogP contribution in [0.5, 0.6) is 0 Å². The Morgan fingerprint density at radius 2 is 1.91 bits per heavy atom. The van der Waals surface area contributed by atoms with Crippen molar-refractivity contribution in [2.75, 3.05) is 11.9 Å². The number of amides is 3. The number of aromatic nitrogens is 1. The normalized spacial score (nSPS) is 14.7. The molecule has 11 heteroatoms. The van der Waals surface area contributed by atoms with E-state index in [0.717, 1.165) is 16.7 Å². The van der Waals surface area contributed by atoms with Gasteiger partial charge in [0.15, 0.2) is 0 Å². The summed E-state index contributed by atoms with van der Waals surface area (Å²) >= 11 is 4.06. The first-order valence-corrected chi connectivity index (χ1v) is 11.2. The second-order valence-corrected chi connectivity index (χ2v) is 8.72. The van der Waals surface area contributed by atoms with Crippen molar-refractivity contribution >= 4 is 62.2 Å². The van der Waals surface area contributed by atoms with Crippen molar-refractivity contribution in [2.24, 2.45) is 0 Å². The van der Waals surface area contributed by atoms with E-state index >= 15 is 0 Å². The summed E-state index contributed by atoms with van der Waals surface area (Å²) in [7, 11) is 0. The molecule has 0 spiro atoms. The molecule has 0 atom stereocenters. The summed E-state index contributed by atoms with van der Waals surface area (Å²) in [5.74, 6) is -1.09. The Bertz CT molecular complexity index is 1320. The average molecular weight is 527 g/mol. The molecule has 0 unspecified atom stereocenters. The number of thioether (sulfide) groups is 1. The maximum atomic E-state index is 12.8. The number of benzene rings is 2. The van der Waals surface area contributed by atoms with Crippen molar-refractivity contribution in [3.8, 4) is 5.69 Å². The molecule has 3 aromatic rings. The first-order chi connectivity index (χ1) is 15.8. The molecular formula is C22H15BrN4O5S. The number of hydrogen-bond acceptors (Lipinski definition) is 6. The number of anilines is 1. The van der Waals surface area contributed by atoms with Gasteiger partial charge >= 0.3 is 0 Å². The quantitative estimate of drug-likeness (QED) is 0.279. The van der Waals surface area contributed by atoms with E-state index in [1.165, 1.54) is 18.2 Å². The van der Waals surface area contributed by atoms with Gasteiger partial charge in [-0.15, -0.1) is 0 Å². The highest BCUT2D eigenvalue weighted by molar-refractivity contribution is 9.10. The molecule has 0 radical (unpaired) electrons. The van der Waals surface area contributed by atoms with Crippen molar-refractivity contribution in [1.29, 1.82) is 0 Å². The molecule has 33 heavy (non-hydrogen) atoms. The summed E-state index contributed by atoms with van der Waals surface area (Å²) in [4.78, 5) is 49.2. The Balaban J connectivity index is 1.53. The molecular weight excluding hydrogens is 512 g/mol. The van der Waals surface area contributed by atoms with Gasteiger partial charge in [-0.3, -0.25) is 29.4 Å². The lowest BCUT2D eigenvalue weighted by Gasteiger charge is -2.13. The van der Waals surface area contributed by atoms with Gasteiger partial charge in [0.25, 0.3) is 16.8 Å². The van der Waals surface area contributed by atoms with E-state index in [2.05, 4.69) is 21.2 Å². The Hall–Kier alpha value is -3.70. The van der Waals surface area contributed by atoms with Crippen molar-refractivity contribution in [2.45, 2.75) is 0 Å². The zero-order valence-corrected chi connectivity index (χ0v) is 19.2. The molecule has 1 aliphatic rings. The monoisotopic (exact) mass is 526 g/mol. The molecule has 0 bridgehead atoms. The number of carbonyl (C=O) groups excluding carboxylic acids is 3. The van der Waals surface area contributed by atoms with Crippen LogP contribution < -0.4 is 5.32 Å². The maximum absolute atomic E-state index is 12.8. The SMILES string of the molecule is O=C(CN1C(=O)S/C(=C\c2cccn2-c2cccc([N+](=O)[O-])c2)C1=O)Nc1ccccc1Br. The van der Waals surface area contributed by atoms with Crippen LogP contribution in [0.3, 0.4) is 0 Å². The zero-order valence-electron chi connectivity index (χ0n) is 16.8. The second-order valence-electron chi connectivity index (χ2n) is 6.88. The van der Waals surface area contributed by atoms with Crippen molar-refractivity contribution < 1.29 is 19.3 Å². The average Bonchev–Trinajstić information content (AvgIpc) is 3.35. The fourth-order valence-corrected chi connectivity index (χ4v) is 4.38. The van der Waals surface area contributed by atoms with Crippen LogP contribution in [0.15, 0.2) is 76.2 Å². The standard InChI is InChI=1S/C22H15BrN4O5S/c23-17-8-1-2-9-18(17)24-20(28)13-26-21(29)19(33-22(26)30)12-15-7-4-10-25(15)14-5-3-6-16(11-14)27(31)32/h1-12H,13H2,(H,24,28)/b19-12-. The largest absolute Gasteiger partial charge is 0.324 e. The van der Waals surface area contributed by atoms with Gasteiger partial charge in [-0.25, -0.2) is 0 Å². The molecule has 1 fully saturated rings. The number of nitro benzene ring substituents is 1. The van der Waals surface area contributed by atoms with Crippen LogP contribution in [0.1, 0.15) is 5.69 Å². The Labute approximate surface area is 200 Å². The number of halogens is 1. The zero-order chi connectivity index (χ0) is 23.5. The number of non-ortho nitro benzene ring substituents is 1. The topological polar surface area (TPSA) is 115 Å². The van der Waals surface area contributed by atoms with Crippen LogP contribution in [0.25, 0.3) is 11.8 Å². The fourth-order valence-electron chi connectivity index (χ4n) is 3.17. The van der Waals surface area contributed by atoms with Gasteiger partial charge in [0.05, 0.1) is 21.2 Å². The molecule has 2 aromatic carbocycles. The van der Waals surface area contributed by atoms with E-state index in [9.17, 15) is 24.5 Å². The highest BCUT2D eigenvalue weighted by atomic mass is 79.9. The van der Waals surface area contributed by atoms with E-state index in [1.54, 1.807) is 59.3 Å². The predicted molar refractivity (Wildman–Crippen MR) is 128 cm³/mol. The second kappa shape index (κ2) is 9.43. The molecule has 1 aromatic heterocycles. The Kier molecular flexibility index (Phi) is 6.43. The predicted octanol–water partition coefficient (Wildman–Crippen LogP) is 4.82. The highest BCUT2D eigenvalue weighted by Gasteiger charge is 2.36. The molecule has 0 saturated carbocycles. The lowest BCUT2D eigenvalue weighted by atomic mass is 10.2. The molecule has 166 valence electrons. The van der Waals surface area contributed by atoms with Crippen LogP contribution in [-0.4, -0.2) is 38.0 Å². The maximum Gasteiger partial charge on any atom is 0.294 e. The summed E-state index contributed by atoms with van der Waals surface area (Å²) in [6.45, 7) is -0.421. The van der Waals surface area contributed by atoms with Crippen LogP contribution in [0.2, 0.25) is 0 Å². The molecule has 3 amide bonds. The minimum Gasteiger partial charge on any atom is -0.324 e. The first-order valence-electron chi connectivity index (χ1n) is 9.55. The fraction of sp³-hybridized carbons (Fsp3) is 0.0455. The van der Waals surface area contributed by atoms with Crippen LogP contribution in [0.4, 0.5) is 16.2 Å². The Morgan fingerprint density at radius 3 is 2.67 bits per heavy atom. The van der Waals surface area contributed by atoms with E-state index in [4.69, 9.17) is 0 Å². The van der Waals surface area contributed by atoms with Gasteiger partial charge in [0, 0.05) is 28.5 Å². The lowest BCUT2D eigenvalue weighted by molar-refractivity contribution is -0.384. The lowest BCUT2D eigenvalue weighted by Crippen LogP contribution is -2.36. The smallest absolute Gasteiger partial charge is 0.294 e. The number of nitrogens with one attached hydrogen (secondary N) is 1. The van der Waals surface area contributed by atoms with Crippen LogP contribution in [-0.2, 0) is 9.59 Å². The summed E-state index contributed by atoms with van der Waals surface area (Å²) in [6, 6.07) is 16.5. The Morgan fingerprint density at radius 1 is 1.12 bits per heavy atom. The molecule has 1 aliphatic heterocycles. The number of para-hydroxylation sites is 1. The third-order valence-electron chi connectivity index (χ3n) is 4.70. The van der Waals surface area contributed by atoms with Gasteiger partial charge in [-0.2, -0.15) is 0 Å². The van der Waals surface area contributed by atoms with Gasteiger partial charge in [0.1, 0.15) is 6.54 Å². The van der Waals surface area contributed by atoms with Crippen molar-refractivity contribution in [3.63, 3.8) is 0 Å². The third kappa shape index (κ3) is 4.89. The van der Waals surface area contributed by atoms with Gasteiger partial charge in [-0.05, 0) is 64.1 Å². The summed E-state index contributed by atoms with van der Waals surface area (Å²) in [6.07, 6.45) is 3.22. The van der Waals surface area contributed by atoms with Crippen molar-refractivity contribution in [3.05, 3.63) is 92.0 Å². The van der Waals surface area contributed by atoms with E-state index in [1.807, 2.05) is 0 Å². The molecule has 1 saturated heterocycles. The van der Waals surface area contributed by atoms with Gasteiger partial charge < -0.3 is 9.88 Å². The third-order valence-corrected chi connectivity index (χ3v) is 6.30. The highest BCUT2D eigenvalue weighted by Crippen LogP contribution is 2.33. The van der Waals surface area contributed by atoms with Crippen molar-refractivity contribution in [1.82, 2.24) is 9.47 Å². The number of imide groups is 1. The van der Waals surface area contributed by atoms with Gasteiger partial charge in [-0.1, -0.05) is 18.2 Å². The minimum absolute atomic E-state index is 0.0662. The number of carbonyl (C=O) groups is 3. The summed E-state index contributed by atoms with van der Waals surface area (Å²) in [5.41, 5.74) is 1.55. The van der Waals surface area contributed by atoms with Gasteiger partial charge in [0.2, 0.25) is 5.91 Å². The molecule has 1 N–H and O–H groups in total. The number of hydrogen-bond donors (Lipinski definition) is 1. The van der Waals surface area contributed by atoms with E-state index in [0.29, 0.717) is 21.5 Å². The first kappa shape index (κ1) is 22.5. The van der Waals surface area contributed by atoms with E-state index in [-0.39, 0.29) is 10.6 Å². The summed E-state index contributed by atoms with van der Waals surface area (Å²) < 4.78 is 2.34. The number of nitrogens with zero attached hydrogens (tertiary/aromatic N) is 3. The van der Waals surface area contributed by atoms with Crippen LogP contribution >= 0.6 is 27.7 Å². The summed E-state index contributed by atoms with van der Waals surface area (Å²) in [5, 5.41) is 13.2. The van der Waals surface area contributed by atoms with E-state index < -0.39 is 28.5 Å². The molecule has 9 nitrogen and oxygen atoms in total. The number of nitro groups is 1. The molecule has 4 rings (SSSR count). The minimum atomic E-state index is -0.584. The molecule has 0 aliphatic carbocycles.